The van der Waals surface area contributed by atoms with Gasteiger partial charge in [-0.15, -0.1) is 0 Å². The zero-order chi connectivity index (χ0) is 32.4. The lowest BCUT2D eigenvalue weighted by Gasteiger charge is -2.37. The molecule has 0 amide bonds. The Morgan fingerprint density at radius 2 is 0.532 bits per heavy atom. The highest BCUT2D eigenvalue weighted by Crippen LogP contribution is 2.46. The summed E-state index contributed by atoms with van der Waals surface area (Å²) >= 11 is 0. The molecule has 0 nitrogen and oxygen atoms in total. The predicted octanol–water partition coefficient (Wildman–Crippen LogP) is 11.6. The van der Waals surface area contributed by atoms with Gasteiger partial charge in [-0.3, -0.25) is 0 Å². The fourth-order valence-corrected chi connectivity index (χ4v) is 6.50. The van der Waals surface area contributed by atoms with Crippen molar-refractivity contribution < 1.29 is 17.6 Å². The maximum Gasteiger partial charge on any atom is 0.126 e. The molecular formula is C43H28F4. The lowest BCUT2D eigenvalue weighted by Crippen LogP contribution is -2.31. The first-order valence-corrected chi connectivity index (χ1v) is 15.3. The minimum atomic E-state index is -0.825. The third-order valence-corrected chi connectivity index (χ3v) is 8.66. The molecule has 0 saturated carbocycles. The average molecular weight is 621 g/mol. The van der Waals surface area contributed by atoms with Gasteiger partial charge in [0, 0.05) is 12.1 Å². The van der Waals surface area contributed by atoms with Gasteiger partial charge >= 0.3 is 0 Å². The van der Waals surface area contributed by atoms with Crippen LogP contribution < -0.4 is 0 Å². The van der Waals surface area contributed by atoms with Crippen LogP contribution in [0.4, 0.5) is 17.6 Å². The number of rotatable bonds is 7. The van der Waals surface area contributed by atoms with E-state index in [2.05, 4.69) is 48.5 Å². The van der Waals surface area contributed by atoms with Crippen molar-refractivity contribution in [3.63, 3.8) is 0 Å². The third kappa shape index (κ3) is 5.86. The number of benzene rings is 7. The van der Waals surface area contributed by atoms with Gasteiger partial charge in [-0.1, -0.05) is 133 Å². The van der Waals surface area contributed by atoms with Crippen LogP contribution in [0.15, 0.2) is 170 Å². The molecule has 7 aromatic rings. The van der Waals surface area contributed by atoms with Gasteiger partial charge in [0.2, 0.25) is 0 Å². The molecule has 47 heavy (non-hydrogen) atoms. The fraction of sp³-hybridized carbons (Fsp3) is 0.0233. The molecule has 0 heterocycles. The van der Waals surface area contributed by atoms with Crippen LogP contribution in [0.3, 0.4) is 0 Å². The highest BCUT2D eigenvalue weighted by molar-refractivity contribution is 5.71. The van der Waals surface area contributed by atoms with E-state index in [1.165, 1.54) is 24.3 Å². The largest absolute Gasteiger partial charge is 0.207 e. The molecule has 0 aromatic heterocycles. The lowest BCUT2D eigenvalue weighted by molar-refractivity contribution is 0.583. The first-order valence-electron chi connectivity index (χ1n) is 15.3. The number of hydrogen-bond acceptors (Lipinski definition) is 0. The summed E-state index contributed by atoms with van der Waals surface area (Å²) in [7, 11) is 0. The molecule has 0 atom stereocenters. The highest BCUT2D eigenvalue weighted by Gasteiger charge is 2.38. The van der Waals surface area contributed by atoms with Crippen LogP contribution in [-0.2, 0) is 5.41 Å². The Balaban J connectivity index is 1.44. The van der Waals surface area contributed by atoms with E-state index in [4.69, 9.17) is 0 Å². The smallest absolute Gasteiger partial charge is 0.126 e. The van der Waals surface area contributed by atoms with Crippen molar-refractivity contribution in [3.05, 3.63) is 215 Å². The fourth-order valence-electron chi connectivity index (χ4n) is 6.50. The predicted molar refractivity (Wildman–Crippen MR) is 181 cm³/mol. The molecule has 0 N–H and O–H groups in total. The van der Waals surface area contributed by atoms with Gasteiger partial charge in [-0.2, -0.15) is 0 Å². The molecule has 0 spiro atoms. The van der Waals surface area contributed by atoms with Crippen LogP contribution in [0, 0.1) is 23.3 Å². The Kier molecular flexibility index (Phi) is 8.01. The average Bonchev–Trinajstić information content (AvgIpc) is 3.09. The standard InChI is InChI=1S/C43H28F4/c44-39-23-33(24-40(45)27-39)31-13-19-37(20-14-31)43(35-9-5-2-6-10-35,36-17-11-30(12-18-36)29-7-3-1-4-8-29)38-21-15-32(16-22-38)34-25-41(46)28-42(47)26-34/h1-28H. The summed E-state index contributed by atoms with van der Waals surface area (Å²) in [6.45, 7) is 0. The van der Waals surface area contributed by atoms with E-state index in [0.717, 1.165) is 45.5 Å². The summed E-state index contributed by atoms with van der Waals surface area (Å²) in [6, 6.07) is 51.2. The van der Waals surface area contributed by atoms with Gasteiger partial charge in [0.25, 0.3) is 0 Å². The molecule has 7 aromatic carbocycles. The summed E-state index contributed by atoms with van der Waals surface area (Å²) in [5.74, 6) is -2.56. The maximum absolute atomic E-state index is 14.1. The normalized spacial score (nSPS) is 11.4. The summed E-state index contributed by atoms with van der Waals surface area (Å²) in [4.78, 5) is 0. The van der Waals surface area contributed by atoms with Crippen molar-refractivity contribution in [1.82, 2.24) is 0 Å². The molecule has 0 aliphatic carbocycles. The Morgan fingerprint density at radius 1 is 0.255 bits per heavy atom. The molecular weight excluding hydrogens is 592 g/mol. The Labute approximate surface area is 271 Å². The molecule has 7 rings (SSSR count). The lowest BCUT2D eigenvalue weighted by atomic mass is 9.64. The molecule has 0 aliphatic heterocycles. The SMILES string of the molecule is Fc1cc(F)cc(-c2ccc(C(c3ccccc3)(c3ccc(-c4ccccc4)cc3)c3ccc(-c4cc(F)cc(F)c4)cc3)cc2)c1. The molecule has 0 aliphatic rings. The zero-order valence-corrected chi connectivity index (χ0v) is 25.2. The van der Waals surface area contributed by atoms with E-state index in [-0.39, 0.29) is 0 Å². The molecule has 0 unspecified atom stereocenters. The van der Waals surface area contributed by atoms with Crippen molar-refractivity contribution in [2.24, 2.45) is 0 Å². The van der Waals surface area contributed by atoms with E-state index in [9.17, 15) is 17.6 Å². The van der Waals surface area contributed by atoms with E-state index >= 15 is 0 Å². The van der Waals surface area contributed by atoms with E-state index in [1.807, 2.05) is 84.9 Å². The van der Waals surface area contributed by atoms with Gasteiger partial charge in [0.1, 0.15) is 23.3 Å². The van der Waals surface area contributed by atoms with Crippen molar-refractivity contribution in [2.75, 3.05) is 0 Å². The van der Waals surface area contributed by atoms with Crippen LogP contribution in [0.2, 0.25) is 0 Å². The van der Waals surface area contributed by atoms with E-state index in [1.54, 1.807) is 0 Å². The minimum Gasteiger partial charge on any atom is -0.207 e. The molecule has 0 saturated heterocycles. The van der Waals surface area contributed by atoms with Crippen molar-refractivity contribution in [3.8, 4) is 33.4 Å². The van der Waals surface area contributed by atoms with Crippen LogP contribution in [0.25, 0.3) is 33.4 Å². The second kappa shape index (κ2) is 12.6. The van der Waals surface area contributed by atoms with Gasteiger partial charge < -0.3 is 0 Å². The summed E-state index contributed by atoms with van der Waals surface area (Å²) in [6.07, 6.45) is 0. The quantitative estimate of drug-likeness (QED) is 0.123. The molecule has 0 radical (unpaired) electrons. The van der Waals surface area contributed by atoms with E-state index in [0.29, 0.717) is 22.3 Å². The van der Waals surface area contributed by atoms with Gasteiger partial charge in [-0.25, -0.2) is 17.6 Å². The molecule has 228 valence electrons. The van der Waals surface area contributed by atoms with Gasteiger partial charge in [-0.05, 0) is 79.9 Å². The van der Waals surface area contributed by atoms with Crippen LogP contribution in [0.1, 0.15) is 22.3 Å². The molecule has 4 heteroatoms. The molecule has 0 bridgehead atoms. The summed E-state index contributed by atoms with van der Waals surface area (Å²) in [5.41, 5.74) is 7.45. The van der Waals surface area contributed by atoms with Gasteiger partial charge in [0.15, 0.2) is 0 Å². The number of hydrogen-bond donors (Lipinski definition) is 0. The van der Waals surface area contributed by atoms with Crippen LogP contribution in [-0.4, -0.2) is 0 Å². The van der Waals surface area contributed by atoms with Crippen LogP contribution >= 0.6 is 0 Å². The summed E-state index contributed by atoms with van der Waals surface area (Å²) in [5, 5.41) is 0. The number of halogens is 4. The highest BCUT2D eigenvalue weighted by atomic mass is 19.1. The summed E-state index contributed by atoms with van der Waals surface area (Å²) < 4.78 is 56.5. The Bertz CT molecular complexity index is 2000. The Hall–Kier alpha value is -5.74. The minimum absolute atomic E-state index is 0.443. The third-order valence-electron chi connectivity index (χ3n) is 8.66. The monoisotopic (exact) mass is 620 g/mol. The van der Waals surface area contributed by atoms with Crippen LogP contribution in [0.5, 0.6) is 0 Å². The maximum atomic E-state index is 14.1. The van der Waals surface area contributed by atoms with E-state index < -0.39 is 28.7 Å². The first kappa shape index (κ1) is 29.9. The van der Waals surface area contributed by atoms with Crippen molar-refractivity contribution in [2.45, 2.75) is 5.41 Å². The van der Waals surface area contributed by atoms with Crippen molar-refractivity contribution >= 4 is 0 Å². The zero-order valence-electron chi connectivity index (χ0n) is 25.2. The second-order valence-electron chi connectivity index (χ2n) is 11.5. The topological polar surface area (TPSA) is 0 Å². The van der Waals surface area contributed by atoms with Gasteiger partial charge in [0.05, 0.1) is 5.41 Å². The second-order valence-corrected chi connectivity index (χ2v) is 11.5. The first-order chi connectivity index (χ1) is 22.9. The Morgan fingerprint density at radius 3 is 0.894 bits per heavy atom. The molecule has 0 fully saturated rings. The van der Waals surface area contributed by atoms with Crippen molar-refractivity contribution in [1.29, 1.82) is 0 Å².